The topological polar surface area (TPSA) is 202 Å². The SMILES string of the molecule is C=C(CCCCNC)N/C(=C\N)c1ccc(-c2ccc(-c3cnc(CCCCNC=O)[nH]3)cc2)cc1.C=O.COC.COC.C[C@H]1CC[C@@H](NC=O)C1.C[C@H]1CC[C@@H](NC=O)C1. The van der Waals surface area contributed by atoms with Crippen molar-refractivity contribution in [2.75, 3.05) is 48.6 Å². The third kappa shape index (κ3) is 25.5. The van der Waals surface area contributed by atoms with E-state index >= 15 is 0 Å². The van der Waals surface area contributed by atoms with Gasteiger partial charge in [0, 0.05) is 65.4 Å². The summed E-state index contributed by atoms with van der Waals surface area (Å²) >= 11 is 0. The van der Waals surface area contributed by atoms with Crippen LogP contribution in [0.1, 0.15) is 95.9 Å². The van der Waals surface area contributed by atoms with Crippen LogP contribution in [0.2, 0.25) is 0 Å². The summed E-state index contributed by atoms with van der Waals surface area (Å²) in [5.74, 6) is 2.58. The Kier molecular flexibility index (Phi) is 34.2. The molecule has 14 heteroatoms. The van der Waals surface area contributed by atoms with E-state index in [-0.39, 0.29) is 0 Å². The number of nitrogens with one attached hydrogen (secondary N) is 6. The van der Waals surface area contributed by atoms with E-state index < -0.39 is 0 Å². The molecular weight excluding hydrogens is 785 g/mol. The maximum atomic E-state index is 10.3. The van der Waals surface area contributed by atoms with Gasteiger partial charge in [-0.1, -0.05) is 69.0 Å². The van der Waals surface area contributed by atoms with Gasteiger partial charge in [0.25, 0.3) is 0 Å². The average Bonchev–Trinajstić information content (AvgIpc) is 4.05. The van der Waals surface area contributed by atoms with Gasteiger partial charge in [-0.15, -0.1) is 0 Å². The monoisotopic (exact) mass is 863 g/mol. The third-order valence-corrected chi connectivity index (χ3v) is 10.1. The second-order valence-electron chi connectivity index (χ2n) is 15.4. The fraction of sp³-hybridized carbons (Fsp3) is 0.521. The molecule has 0 spiro atoms. The van der Waals surface area contributed by atoms with E-state index in [2.05, 4.69) is 115 Å². The largest absolute Gasteiger partial charge is 0.403 e. The van der Waals surface area contributed by atoms with Crippen LogP contribution in [-0.4, -0.2) is 96.6 Å². The molecule has 0 radical (unpaired) electrons. The zero-order valence-electron chi connectivity index (χ0n) is 38.6. The van der Waals surface area contributed by atoms with E-state index in [1.165, 1.54) is 38.5 Å². The Bertz CT molecular complexity index is 1590. The summed E-state index contributed by atoms with van der Waals surface area (Å²) in [6.07, 6.45) is 18.9. The first-order valence-corrected chi connectivity index (χ1v) is 21.5. The van der Waals surface area contributed by atoms with Gasteiger partial charge in [-0.3, -0.25) is 14.4 Å². The molecule has 0 aliphatic heterocycles. The van der Waals surface area contributed by atoms with Crippen LogP contribution in [0.15, 0.2) is 73.2 Å². The van der Waals surface area contributed by atoms with Crippen molar-refractivity contribution in [3.05, 3.63) is 84.6 Å². The van der Waals surface area contributed by atoms with Gasteiger partial charge >= 0.3 is 0 Å². The molecule has 2 fully saturated rings. The Labute approximate surface area is 372 Å². The van der Waals surface area contributed by atoms with Gasteiger partial charge in [0.05, 0.1) is 17.6 Å². The molecule has 2 aromatic carbocycles. The van der Waals surface area contributed by atoms with Crippen molar-refractivity contribution in [1.82, 2.24) is 36.6 Å². The zero-order chi connectivity index (χ0) is 46.4. The molecule has 2 saturated carbocycles. The number of unbranched alkanes of at least 4 members (excludes halogenated alkanes) is 2. The van der Waals surface area contributed by atoms with Crippen LogP contribution >= 0.6 is 0 Å². The Morgan fingerprint density at radius 3 is 1.71 bits per heavy atom. The second-order valence-corrected chi connectivity index (χ2v) is 15.4. The number of rotatable bonds is 20. The minimum atomic E-state index is 0.470. The fourth-order valence-electron chi connectivity index (χ4n) is 6.91. The minimum absolute atomic E-state index is 0.470. The van der Waals surface area contributed by atoms with Gasteiger partial charge in [-0.2, -0.15) is 0 Å². The quantitative estimate of drug-likeness (QED) is 0.0471. The number of allylic oxidation sites excluding steroid dienone is 1. The lowest BCUT2D eigenvalue weighted by Crippen LogP contribution is -2.24. The summed E-state index contributed by atoms with van der Waals surface area (Å²) in [6, 6.07) is 17.8. The molecule has 3 aromatic rings. The number of imidazole rings is 1. The molecule has 8 N–H and O–H groups in total. The number of nitrogens with two attached hydrogens (primary N) is 1. The molecule has 14 nitrogen and oxygen atoms in total. The van der Waals surface area contributed by atoms with Gasteiger partial charge in [0.15, 0.2) is 0 Å². The number of hydrogen-bond donors (Lipinski definition) is 7. The first-order valence-electron chi connectivity index (χ1n) is 21.5. The van der Waals surface area contributed by atoms with Crippen molar-refractivity contribution in [1.29, 1.82) is 0 Å². The van der Waals surface area contributed by atoms with Crippen LogP contribution in [-0.2, 0) is 35.1 Å². The molecule has 3 amide bonds. The molecule has 0 saturated heterocycles. The summed E-state index contributed by atoms with van der Waals surface area (Å²) < 4.78 is 8.50. The number of carbonyl (C=O) groups excluding carboxylic acids is 4. The third-order valence-electron chi connectivity index (χ3n) is 10.1. The molecule has 1 heterocycles. The first kappa shape index (κ1) is 56.7. The maximum Gasteiger partial charge on any atom is 0.207 e. The van der Waals surface area contributed by atoms with Crippen LogP contribution in [0.25, 0.3) is 28.1 Å². The Morgan fingerprint density at radius 2 is 1.26 bits per heavy atom. The van der Waals surface area contributed by atoms with E-state index in [0.29, 0.717) is 18.6 Å². The predicted molar refractivity (Wildman–Crippen MR) is 254 cm³/mol. The van der Waals surface area contributed by atoms with Crippen LogP contribution < -0.4 is 32.3 Å². The number of ether oxygens (including phenoxy) is 2. The van der Waals surface area contributed by atoms with Crippen LogP contribution in [0.4, 0.5) is 0 Å². The number of hydrogen-bond acceptors (Lipinski definition) is 10. The van der Waals surface area contributed by atoms with Gasteiger partial charge in [-0.05, 0) is 118 Å². The number of carbonyl (C=O) groups is 4. The van der Waals surface area contributed by atoms with Crippen molar-refractivity contribution in [3.63, 3.8) is 0 Å². The van der Waals surface area contributed by atoms with Gasteiger partial charge < -0.3 is 51.6 Å². The molecule has 346 valence electrons. The van der Waals surface area contributed by atoms with E-state index in [4.69, 9.17) is 10.5 Å². The zero-order valence-corrected chi connectivity index (χ0v) is 38.6. The number of benzene rings is 2. The number of aromatic amines is 1. The number of aromatic nitrogens is 2. The summed E-state index contributed by atoms with van der Waals surface area (Å²) in [5, 5.41) is 14.8. The van der Waals surface area contributed by atoms with Gasteiger partial charge in [0.1, 0.15) is 12.6 Å². The van der Waals surface area contributed by atoms with Crippen LogP contribution in [0.3, 0.4) is 0 Å². The van der Waals surface area contributed by atoms with Crippen LogP contribution in [0, 0.1) is 11.8 Å². The lowest BCUT2D eigenvalue weighted by atomic mass is 10.0. The summed E-state index contributed by atoms with van der Waals surface area (Å²) in [5.41, 5.74) is 13.2. The number of H-pyrrole nitrogens is 1. The molecular formula is C48H78N8O6. The molecule has 0 unspecified atom stereocenters. The normalized spacial score (nSPS) is 17.2. The van der Waals surface area contributed by atoms with Crippen molar-refractivity contribution in [2.45, 2.75) is 103 Å². The molecule has 5 rings (SSSR count). The van der Waals surface area contributed by atoms with E-state index in [1.54, 1.807) is 34.6 Å². The highest BCUT2D eigenvalue weighted by atomic mass is 16.5. The van der Waals surface area contributed by atoms with E-state index in [9.17, 15) is 14.4 Å². The van der Waals surface area contributed by atoms with Crippen molar-refractivity contribution < 1.29 is 28.7 Å². The number of aryl methyl sites for hydroxylation is 1. The molecule has 0 bridgehead atoms. The highest BCUT2D eigenvalue weighted by Crippen LogP contribution is 2.27. The van der Waals surface area contributed by atoms with Crippen LogP contribution in [0.5, 0.6) is 0 Å². The number of methoxy groups -OCH3 is 2. The Morgan fingerprint density at radius 1 is 0.758 bits per heavy atom. The number of nitrogens with zero attached hydrogens (tertiary/aromatic N) is 1. The Balaban J connectivity index is 0.00000115. The second kappa shape index (κ2) is 37.5. The molecule has 2 aliphatic rings. The highest BCUT2D eigenvalue weighted by molar-refractivity contribution is 5.72. The Hall–Kier alpha value is -5.31. The predicted octanol–water partition coefficient (Wildman–Crippen LogP) is 6.74. The number of amides is 3. The van der Waals surface area contributed by atoms with Crippen molar-refractivity contribution in [2.24, 2.45) is 17.6 Å². The average molecular weight is 863 g/mol. The summed E-state index contributed by atoms with van der Waals surface area (Å²) in [6.45, 7) is 12.3. The smallest absolute Gasteiger partial charge is 0.207 e. The first-order chi connectivity index (χ1) is 30.1. The lowest BCUT2D eigenvalue weighted by molar-refractivity contribution is -0.110. The molecule has 4 atom stereocenters. The minimum Gasteiger partial charge on any atom is -0.403 e. The molecule has 1 aromatic heterocycles. The van der Waals surface area contributed by atoms with E-state index in [0.717, 1.165) is 121 Å². The molecule has 62 heavy (non-hydrogen) atoms. The van der Waals surface area contributed by atoms with Gasteiger partial charge in [-0.25, -0.2) is 4.98 Å². The maximum absolute atomic E-state index is 10.3. The van der Waals surface area contributed by atoms with Crippen molar-refractivity contribution in [3.8, 4) is 22.4 Å². The van der Waals surface area contributed by atoms with Gasteiger partial charge in [0.2, 0.25) is 19.2 Å². The molecule has 2 aliphatic carbocycles. The van der Waals surface area contributed by atoms with E-state index in [1.807, 2.05) is 20.0 Å². The summed E-state index contributed by atoms with van der Waals surface area (Å²) in [7, 11) is 8.47. The van der Waals surface area contributed by atoms with Crippen molar-refractivity contribution >= 4 is 31.7 Å². The standard InChI is InChI=1S/C29H38N6O.2C7H13NO.2C2H6O.CH2O/c1-22(7-3-5-17-31-2)34-27(19-30)25-13-9-23(10-14-25)24-11-15-26(16-12-24)28-20-33-29(35-28)8-4-6-18-32-21-36;2*1-6-2-3-7(4-6)8-5-9;2*1-3-2;1-2/h9-16,19-21,31,34H,1,3-8,17-18,30H2,2H3,(H,32,36)(H,33,35);2*5-7H,2-4H2,1H3,(H,8,9);2*1-2H3;1H2/b27-19-;;;;;/t;2*6-,7+;;;/m.00.../s1. The highest BCUT2D eigenvalue weighted by Gasteiger charge is 2.20. The lowest BCUT2D eigenvalue weighted by Gasteiger charge is -2.14. The fourth-order valence-corrected chi connectivity index (χ4v) is 6.91. The summed E-state index contributed by atoms with van der Waals surface area (Å²) in [4.78, 5) is 46.1.